The lowest BCUT2D eigenvalue weighted by molar-refractivity contribution is -0.138. The fourth-order valence-electron chi connectivity index (χ4n) is 1.86. The summed E-state index contributed by atoms with van der Waals surface area (Å²) in [6.45, 7) is 0. The summed E-state index contributed by atoms with van der Waals surface area (Å²) < 4.78 is 0. The van der Waals surface area contributed by atoms with E-state index in [1.807, 2.05) is 6.07 Å². The van der Waals surface area contributed by atoms with Crippen molar-refractivity contribution in [3.63, 3.8) is 0 Å². The van der Waals surface area contributed by atoms with E-state index in [2.05, 4.69) is 15.1 Å². The lowest BCUT2D eigenvalue weighted by atomic mass is 10.1. The molecule has 0 aliphatic carbocycles. The molecule has 0 radical (unpaired) electrons. The highest BCUT2D eigenvalue weighted by Crippen LogP contribution is 2.28. The maximum absolute atomic E-state index is 9.50. The molecule has 0 saturated heterocycles. The molecule has 2 aromatic rings. The molecule has 6 nitrogen and oxygen atoms in total. The van der Waals surface area contributed by atoms with Crippen LogP contribution in [0.15, 0.2) is 35.7 Å². The Morgan fingerprint density at radius 3 is 2.57 bits per heavy atom. The largest absolute Gasteiger partial charge is 0.340 e. The van der Waals surface area contributed by atoms with Crippen molar-refractivity contribution < 1.29 is 9.94 Å². The predicted molar refractivity (Wildman–Crippen MR) is 78.9 cm³/mol. The average Bonchev–Trinajstić information content (AvgIpc) is 2.82. The van der Waals surface area contributed by atoms with Crippen molar-refractivity contribution in [1.82, 2.24) is 14.9 Å². The number of benzene rings is 1. The quantitative estimate of drug-likeness (QED) is 0.918. The van der Waals surface area contributed by atoms with Gasteiger partial charge in [-0.15, -0.1) is 0 Å². The molecule has 1 aromatic heterocycles. The Labute approximate surface area is 130 Å². The zero-order chi connectivity index (χ0) is 15.0. The van der Waals surface area contributed by atoms with Gasteiger partial charge in [0.1, 0.15) is 12.0 Å². The topological polar surface area (TPSA) is 70.8 Å². The van der Waals surface area contributed by atoms with Crippen LogP contribution in [0, 0.1) is 0 Å². The first kappa shape index (κ1) is 14.1. The van der Waals surface area contributed by atoms with Gasteiger partial charge in [0.05, 0.1) is 15.7 Å². The summed E-state index contributed by atoms with van der Waals surface area (Å²) in [5.74, 6) is 0.422. The van der Waals surface area contributed by atoms with Crippen LogP contribution >= 0.6 is 23.2 Å². The van der Waals surface area contributed by atoms with Gasteiger partial charge in [0.25, 0.3) is 0 Å². The third kappa shape index (κ3) is 2.65. The van der Waals surface area contributed by atoms with Crippen LogP contribution in [-0.4, -0.2) is 39.3 Å². The van der Waals surface area contributed by atoms with Gasteiger partial charge in [0, 0.05) is 12.6 Å². The van der Waals surface area contributed by atoms with Crippen molar-refractivity contribution in [3.05, 3.63) is 46.3 Å². The zero-order valence-corrected chi connectivity index (χ0v) is 12.4. The van der Waals surface area contributed by atoms with Crippen LogP contribution in [0.25, 0.3) is 11.3 Å². The molecule has 0 fully saturated rings. The Hall–Kier alpha value is -1.89. The van der Waals surface area contributed by atoms with E-state index in [4.69, 9.17) is 28.0 Å². The van der Waals surface area contributed by atoms with E-state index in [9.17, 15) is 5.11 Å². The molecule has 108 valence electrons. The van der Waals surface area contributed by atoms with Crippen LogP contribution in [0.3, 0.4) is 0 Å². The number of halogens is 2. The Morgan fingerprint density at radius 1 is 1.14 bits per heavy atom. The number of amidine groups is 1. The SMILES string of the molecule is CN1C(c2cc(-c3ccc(Cl)c(Cl)c3)ncn2)=NOC1O. The number of rotatable bonds is 2. The highest BCUT2D eigenvalue weighted by atomic mass is 35.5. The standard InChI is InChI=1S/C13H10Cl2N4O2/c1-19-12(18-21-13(19)20)11-5-10(16-6-17-11)7-2-3-8(14)9(15)4-7/h2-6,13,20H,1H3. The van der Waals surface area contributed by atoms with Crippen molar-refractivity contribution in [3.8, 4) is 11.3 Å². The van der Waals surface area contributed by atoms with Crippen LogP contribution in [0.5, 0.6) is 0 Å². The first-order valence-electron chi connectivity index (χ1n) is 5.99. The minimum atomic E-state index is -1.11. The van der Waals surface area contributed by atoms with E-state index in [0.29, 0.717) is 27.3 Å². The van der Waals surface area contributed by atoms with E-state index in [0.717, 1.165) is 5.56 Å². The number of oxime groups is 1. The van der Waals surface area contributed by atoms with E-state index < -0.39 is 6.41 Å². The maximum Gasteiger partial charge on any atom is 0.307 e. The molecular formula is C13H10Cl2N4O2. The van der Waals surface area contributed by atoms with Gasteiger partial charge in [-0.2, -0.15) is 0 Å². The van der Waals surface area contributed by atoms with Gasteiger partial charge in [-0.1, -0.05) is 34.4 Å². The molecule has 1 aliphatic rings. The number of aliphatic hydroxyl groups excluding tert-OH is 1. The van der Waals surface area contributed by atoms with E-state index in [-0.39, 0.29) is 0 Å². The summed E-state index contributed by atoms with van der Waals surface area (Å²) >= 11 is 11.9. The molecule has 1 unspecified atom stereocenters. The van der Waals surface area contributed by atoms with Crippen LogP contribution in [0.4, 0.5) is 0 Å². The Bertz CT molecular complexity index is 723. The van der Waals surface area contributed by atoms with Gasteiger partial charge in [-0.25, -0.2) is 9.97 Å². The molecule has 0 amide bonds. The summed E-state index contributed by atoms with van der Waals surface area (Å²) in [5.41, 5.74) is 2.00. The van der Waals surface area contributed by atoms with Gasteiger partial charge in [0.2, 0.25) is 0 Å². The number of aromatic nitrogens is 2. The predicted octanol–water partition coefficient (Wildman–Crippen LogP) is 2.35. The minimum absolute atomic E-state index is 0.422. The number of hydrogen-bond acceptors (Lipinski definition) is 6. The van der Waals surface area contributed by atoms with Gasteiger partial charge in [-0.3, -0.25) is 4.90 Å². The maximum atomic E-state index is 9.50. The molecule has 1 aromatic carbocycles. The molecule has 1 aliphatic heterocycles. The van der Waals surface area contributed by atoms with Crippen LogP contribution in [0.1, 0.15) is 5.69 Å². The molecule has 0 saturated carbocycles. The summed E-state index contributed by atoms with van der Waals surface area (Å²) in [6.07, 6.45) is 0.303. The second-order valence-electron chi connectivity index (χ2n) is 4.37. The molecule has 0 spiro atoms. The van der Waals surface area contributed by atoms with E-state index in [1.54, 1.807) is 25.2 Å². The lowest BCUT2D eigenvalue weighted by Gasteiger charge is -2.14. The molecule has 1 N–H and O–H groups in total. The summed E-state index contributed by atoms with van der Waals surface area (Å²) in [6, 6.07) is 6.97. The van der Waals surface area contributed by atoms with Gasteiger partial charge >= 0.3 is 6.41 Å². The van der Waals surface area contributed by atoms with Crippen LogP contribution < -0.4 is 0 Å². The summed E-state index contributed by atoms with van der Waals surface area (Å²) in [4.78, 5) is 14.6. The lowest BCUT2D eigenvalue weighted by Crippen LogP contribution is -2.32. The Kier molecular flexibility index (Phi) is 3.67. The third-order valence-electron chi connectivity index (χ3n) is 3.01. The van der Waals surface area contributed by atoms with Gasteiger partial charge in [0.15, 0.2) is 5.84 Å². The fraction of sp³-hybridized carbons (Fsp3) is 0.154. The van der Waals surface area contributed by atoms with Crippen molar-refractivity contribution in [2.45, 2.75) is 6.41 Å². The molecule has 3 rings (SSSR count). The van der Waals surface area contributed by atoms with E-state index >= 15 is 0 Å². The smallest absolute Gasteiger partial charge is 0.307 e. The molecule has 2 heterocycles. The second-order valence-corrected chi connectivity index (χ2v) is 5.19. The first-order chi connectivity index (χ1) is 10.1. The first-order valence-corrected chi connectivity index (χ1v) is 6.74. The van der Waals surface area contributed by atoms with Crippen LogP contribution in [0.2, 0.25) is 10.0 Å². The highest BCUT2D eigenvalue weighted by molar-refractivity contribution is 6.42. The number of nitrogens with zero attached hydrogens (tertiary/aromatic N) is 4. The highest BCUT2D eigenvalue weighted by Gasteiger charge is 2.26. The molecule has 1 atom stereocenters. The van der Waals surface area contributed by atoms with Gasteiger partial charge in [-0.05, 0) is 18.2 Å². The van der Waals surface area contributed by atoms with Crippen molar-refractivity contribution in [1.29, 1.82) is 0 Å². The summed E-state index contributed by atoms with van der Waals surface area (Å²) in [5, 5.41) is 14.2. The average molecular weight is 325 g/mol. The molecular weight excluding hydrogens is 315 g/mol. The fourth-order valence-corrected chi connectivity index (χ4v) is 2.16. The Morgan fingerprint density at radius 2 is 1.90 bits per heavy atom. The zero-order valence-electron chi connectivity index (χ0n) is 10.9. The number of aliphatic hydroxyl groups is 1. The normalized spacial score (nSPS) is 17.6. The van der Waals surface area contributed by atoms with Gasteiger partial charge < -0.3 is 9.94 Å². The second kappa shape index (κ2) is 5.48. The third-order valence-corrected chi connectivity index (χ3v) is 3.75. The summed E-state index contributed by atoms with van der Waals surface area (Å²) in [7, 11) is 1.65. The van der Waals surface area contributed by atoms with Crippen molar-refractivity contribution in [2.24, 2.45) is 5.16 Å². The van der Waals surface area contributed by atoms with E-state index in [1.165, 1.54) is 11.2 Å². The molecule has 0 bridgehead atoms. The van der Waals surface area contributed by atoms with Crippen molar-refractivity contribution >= 4 is 29.0 Å². The Balaban J connectivity index is 1.99. The van der Waals surface area contributed by atoms with Crippen molar-refractivity contribution in [2.75, 3.05) is 7.05 Å². The molecule has 8 heteroatoms. The monoisotopic (exact) mass is 324 g/mol. The molecule has 21 heavy (non-hydrogen) atoms. The minimum Gasteiger partial charge on any atom is -0.340 e. The number of hydrogen-bond donors (Lipinski definition) is 1. The van der Waals surface area contributed by atoms with Crippen LogP contribution in [-0.2, 0) is 4.84 Å².